The molecule has 1 aliphatic heterocycles. The highest BCUT2D eigenvalue weighted by Gasteiger charge is 2.44. The molecule has 2 aromatic carbocycles. The van der Waals surface area contributed by atoms with E-state index in [-0.39, 0.29) is 17.9 Å². The molecule has 0 bridgehead atoms. The third-order valence-electron chi connectivity index (χ3n) is 5.05. The van der Waals surface area contributed by atoms with Gasteiger partial charge in [0, 0.05) is 5.56 Å². The largest absolute Gasteiger partial charge is 0.496 e. The molecule has 2 aromatic rings. The Bertz CT molecular complexity index is 893. The summed E-state index contributed by atoms with van der Waals surface area (Å²) in [6.45, 7) is -0.765. The molecule has 4 N–H and O–H groups in total. The topological polar surface area (TPSA) is 144 Å². The van der Waals surface area contributed by atoms with Crippen LogP contribution in [-0.4, -0.2) is 77.9 Å². The highest BCUT2D eigenvalue weighted by atomic mass is 16.7. The molecule has 0 spiro atoms. The number of carbonyl (C=O) groups excluding carboxylic acids is 1. The van der Waals surface area contributed by atoms with E-state index in [1.54, 1.807) is 42.5 Å². The Kier molecular flexibility index (Phi) is 7.89. The van der Waals surface area contributed by atoms with Crippen molar-refractivity contribution < 1.29 is 48.9 Å². The highest BCUT2D eigenvalue weighted by molar-refractivity contribution is 5.95. The number of ether oxygens (including phenoxy) is 5. The SMILES string of the molecule is COc1cccc(OC)c1C(=O)OCc1ccccc1OC1OC(CO)C(O)C(O)C1O. The fraction of sp³-hybridized carbons (Fsp3) is 0.409. The van der Waals surface area contributed by atoms with Crippen LogP contribution in [0.4, 0.5) is 0 Å². The summed E-state index contributed by atoms with van der Waals surface area (Å²) in [6.07, 6.45) is -7.12. The predicted molar refractivity (Wildman–Crippen MR) is 110 cm³/mol. The van der Waals surface area contributed by atoms with Crippen LogP contribution in [0.3, 0.4) is 0 Å². The Balaban J connectivity index is 1.75. The summed E-state index contributed by atoms with van der Waals surface area (Å²) in [5.41, 5.74) is 0.580. The minimum Gasteiger partial charge on any atom is -0.496 e. The van der Waals surface area contributed by atoms with Crippen LogP contribution in [0.5, 0.6) is 17.2 Å². The van der Waals surface area contributed by atoms with E-state index in [0.29, 0.717) is 17.1 Å². The van der Waals surface area contributed by atoms with Crippen molar-refractivity contribution >= 4 is 5.97 Å². The molecule has 0 aromatic heterocycles. The van der Waals surface area contributed by atoms with Crippen LogP contribution in [0.15, 0.2) is 42.5 Å². The lowest BCUT2D eigenvalue weighted by atomic mass is 9.99. The summed E-state index contributed by atoms with van der Waals surface area (Å²) < 4.78 is 26.9. The van der Waals surface area contributed by atoms with E-state index in [0.717, 1.165) is 0 Å². The summed E-state index contributed by atoms with van der Waals surface area (Å²) in [5.74, 6) is 0.124. The number of para-hydroxylation sites is 1. The number of carbonyl (C=O) groups is 1. The molecule has 10 nitrogen and oxygen atoms in total. The van der Waals surface area contributed by atoms with E-state index < -0.39 is 43.3 Å². The van der Waals surface area contributed by atoms with Crippen LogP contribution in [0.2, 0.25) is 0 Å². The van der Waals surface area contributed by atoms with Crippen LogP contribution in [0.25, 0.3) is 0 Å². The van der Waals surface area contributed by atoms with Gasteiger partial charge < -0.3 is 44.1 Å². The van der Waals surface area contributed by atoms with Crippen molar-refractivity contribution in [2.45, 2.75) is 37.3 Å². The number of aliphatic hydroxyl groups excluding tert-OH is 4. The number of aliphatic hydroxyl groups is 4. The van der Waals surface area contributed by atoms with Crippen LogP contribution < -0.4 is 14.2 Å². The van der Waals surface area contributed by atoms with E-state index in [4.69, 9.17) is 23.7 Å². The van der Waals surface area contributed by atoms with Gasteiger partial charge in [-0.05, 0) is 18.2 Å². The quantitative estimate of drug-likeness (QED) is 0.413. The third-order valence-corrected chi connectivity index (χ3v) is 5.05. The summed E-state index contributed by atoms with van der Waals surface area (Å²) in [4.78, 5) is 12.7. The first kappa shape index (κ1) is 23.8. The van der Waals surface area contributed by atoms with Gasteiger partial charge in [0.2, 0.25) is 6.29 Å². The first-order valence-electron chi connectivity index (χ1n) is 9.84. The minimum absolute atomic E-state index is 0.129. The number of hydrogen-bond acceptors (Lipinski definition) is 10. The standard InChI is InChI=1S/C22H26O10/c1-28-14-8-5-9-15(29-2)17(14)21(27)30-11-12-6-3-4-7-13(12)31-22-20(26)19(25)18(24)16(10-23)32-22/h3-9,16,18-20,22-26H,10-11H2,1-2H3. The molecule has 5 unspecified atom stereocenters. The molecule has 0 radical (unpaired) electrons. The molecule has 0 saturated carbocycles. The van der Waals surface area contributed by atoms with Gasteiger partial charge in [0.15, 0.2) is 0 Å². The van der Waals surface area contributed by atoms with E-state index in [1.807, 2.05) is 0 Å². The molecule has 0 aliphatic carbocycles. The Labute approximate surface area is 184 Å². The van der Waals surface area contributed by atoms with Gasteiger partial charge >= 0.3 is 5.97 Å². The number of rotatable bonds is 8. The Morgan fingerprint density at radius 3 is 2.16 bits per heavy atom. The first-order chi connectivity index (χ1) is 15.4. The van der Waals surface area contributed by atoms with Gasteiger partial charge in [-0.3, -0.25) is 0 Å². The lowest BCUT2D eigenvalue weighted by Gasteiger charge is -2.39. The lowest BCUT2D eigenvalue weighted by Crippen LogP contribution is -2.60. The van der Waals surface area contributed by atoms with Gasteiger partial charge in [0.05, 0.1) is 20.8 Å². The van der Waals surface area contributed by atoms with Crippen molar-refractivity contribution in [1.29, 1.82) is 0 Å². The Morgan fingerprint density at radius 1 is 0.906 bits per heavy atom. The summed E-state index contributed by atoms with van der Waals surface area (Å²) in [5, 5.41) is 39.4. The fourth-order valence-electron chi connectivity index (χ4n) is 3.30. The molecule has 1 heterocycles. The highest BCUT2D eigenvalue weighted by Crippen LogP contribution is 2.30. The van der Waals surface area contributed by atoms with Gasteiger partial charge in [-0.2, -0.15) is 0 Å². The summed E-state index contributed by atoms with van der Waals surface area (Å²) in [7, 11) is 2.85. The molecule has 1 saturated heterocycles. The second kappa shape index (κ2) is 10.6. The summed E-state index contributed by atoms with van der Waals surface area (Å²) >= 11 is 0. The first-order valence-corrected chi connectivity index (χ1v) is 9.84. The molecule has 0 amide bonds. The van der Waals surface area contributed by atoms with Crippen molar-refractivity contribution in [3.05, 3.63) is 53.6 Å². The second-order valence-corrected chi connectivity index (χ2v) is 7.04. The molecule has 1 aliphatic rings. The number of methoxy groups -OCH3 is 2. The van der Waals surface area contributed by atoms with Gasteiger partial charge in [-0.1, -0.05) is 24.3 Å². The van der Waals surface area contributed by atoms with E-state index >= 15 is 0 Å². The molecule has 1 fully saturated rings. The van der Waals surface area contributed by atoms with Crippen molar-refractivity contribution in [2.75, 3.05) is 20.8 Å². The molecule has 10 heteroatoms. The molecule has 3 rings (SSSR count). The van der Waals surface area contributed by atoms with Gasteiger partial charge in [-0.15, -0.1) is 0 Å². The van der Waals surface area contributed by atoms with Crippen molar-refractivity contribution in [3.63, 3.8) is 0 Å². The Morgan fingerprint density at radius 2 is 1.53 bits per heavy atom. The van der Waals surface area contributed by atoms with Gasteiger partial charge in [0.25, 0.3) is 0 Å². The van der Waals surface area contributed by atoms with Crippen LogP contribution in [0.1, 0.15) is 15.9 Å². The maximum atomic E-state index is 12.7. The average molecular weight is 450 g/mol. The van der Waals surface area contributed by atoms with Crippen molar-refractivity contribution in [1.82, 2.24) is 0 Å². The van der Waals surface area contributed by atoms with Crippen LogP contribution >= 0.6 is 0 Å². The van der Waals surface area contributed by atoms with E-state index in [9.17, 15) is 25.2 Å². The van der Waals surface area contributed by atoms with E-state index in [1.165, 1.54) is 14.2 Å². The lowest BCUT2D eigenvalue weighted by molar-refractivity contribution is -0.277. The minimum atomic E-state index is -1.58. The maximum absolute atomic E-state index is 12.7. The zero-order chi connectivity index (χ0) is 23.3. The number of benzene rings is 2. The Hall–Kier alpha value is -2.89. The normalized spacial score (nSPS) is 25.1. The maximum Gasteiger partial charge on any atom is 0.346 e. The number of hydrogen-bond donors (Lipinski definition) is 4. The molecule has 32 heavy (non-hydrogen) atoms. The monoisotopic (exact) mass is 450 g/mol. The zero-order valence-corrected chi connectivity index (χ0v) is 17.6. The third kappa shape index (κ3) is 4.95. The molecular formula is C22H26O10. The average Bonchev–Trinajstić information content (AvgIpc) is 2.82. The number of esters is 1. The van der Waals surface area contributed by atoms with Crippen molar-refractivity contribution in [2.24, 2.45) is 0 Å². The predicted octanol–water partition coefficient (Wildman–Crippen LogP) is 0.239. The van der Waals surface area contributed by atoms with E-state index in [2.05, 4.69) is 0 Å². The smallest absolute Gasteiger partial charge is 0.346 e. The van der Waals surface area contributed by atoms with Gasteiger partial charge in [0.1, 0.15) is 53.8 Å². The molecule has 174 valence electrons. The fourth-order valence-corrected chi connectivity index (χ4v) is 3.30. The van der Waals surface area contributed by atoms with Crippen molar-refractivity contribution in [3.8, 4) is 17.2 Å². The molecule has 5 atom stereocenters. The van der Waals surface area contributed by atoms with Gasteiger partial charge in [-0.25, -0.2) is 4.79 Å². The second-order valence-electron chi connectivity index (χ2n) is 7.04. The van der Waals surface area contributed by atoms with Crippen LogP contribution in [-0.2, 0) is 16.1 Å². The molecular weight excluding hydrogens is 424 g/mol. The van der Waals surface area contributed by atoms with Crippen LogP contribution in [0, 0.1) is 0 Å². The summed E-state index contributed by atoms with van der Waals surface area (Å²) in [6, 6.07) is 11.5. The zero-order valence-electron chi connectivity index (χ0n) is 17.6.